The smallest absolute Gasteiger partial charge is 0.175 e. The first kappa shape index (κ1) is 14.6. The fourth-order valence-electron chi connectivity index (χ4n) is 1.71. The van der Waals surface area contributed by atoms with Gasteiger partial charge in [0.1, 0.15) is 0 Å². The molecule has 2 rings (SSSR count). The average Bonchev–Trinajstić information content (AvgIpc) is 2.38. The molecule has 1 unspecified atom stereocenters. The van der Waals surface area contributed by atoms with E-state index in [9.17, 15) is 8.42 Å². The maximum absolute atomic E-state index is 11.4. The topological polar surface area (TPSA) is 34.1 Å². The first-order valence-electron chi connectivity index (χ1n) is 5.57. The standard InChI is InChI=1S/C14H12BrClO2S/c1-19(17,18)13-8-4-11(5-9-13)14(15)10-2-6-12(16)7-3-10/h2-9,14H,1H3. The molecule has 0 aliphatic heterocycles. The third kappa shape index (κ3) is 3.59. The summed E-state index contributed by atoms with van der Waals surface area (Å²) in [5.41, 5.74) is 2.06. The molecule has 0 aliphatic rings. The fourth-order valence-corrected chi connectivity index (χ4v) is 3.08. The van der Waals surface area contributed by atoms with Gasteiger partial charge in [-0.05, 0) is 35.4 Å². The largest absolute Gasteiger partial charge is 0.224 e. The quantitative estimate of drug-likeness (QED) is 0.769. The van der Waals surface area contributed by atoms with Crippen LogP contribution in [0.1, 0.15) is 16.0 Å². The highest BCUT2D eigenvalue weighted by Gasteiger charge is 2.12. The molecule has 0 aliphatic carbocycles. The van der Waals surface area contributed by atoms with Gasteiger partial charge in [0.2, 0.25) is 0 Å². The number of benzene rings is 2. The zero-order valence-corrected chi connectivity index (χ0v) is 13.3. The maximum Gasteiger partial charge on any atom is 0.175 e. The van der Waals surface area contributed by atoms with Crippen LogP contribution in [0.4, 0.5) is 0 Å². The maximum atomic E-state index is 11.4. The van der Waals surface area contributed by atoms with Gasteiger partial charge in [-0.25, -0.2) is 8.42 Å². The summed E-state index contributed by atoms with van der Waals surface area (Å²) in [6.07, 6.45) is 1.20. The lowest BCUT2D eigenvalue weighted by atomic mass is 10.1. The third-order valence-corrected chi connectivity index (χ3v) is 5.20. The normalized spacial score (nSPS) is 13.2. The highest BCUT2D eigenvalue weighted by Crippen LogP contribution is 2.31. The molecule has 0 fully saturated rings. The predicted octanol–water partition coefficient (Wildman–Crippen LogP) is 4.23. The van der Waals surface area contributed by atoms with E-state index in [0.717, 1.165) is 11.1 Å². The molecular weight excluding hydrogens is 348 g/mol. The van der Waals surface area contributed by atoms with E-state index in [1.807, 2.05) is 36.4 Å². The number of hydrogen-bond donors (Lipinski definition) is 0. The Morgan fingerprint density at radius 2 is 1.37 bits per heavy atom. The van der Waals surface area contributed by atoms with E-state index in [0.29, 0.717) is 9.92 Å². The molecule has 0 amide bonds. The van der Waals surface area contributed by atoms with E-state index in [-0.39, 0.29) is 4.83 Å². The van der Waals surface area contributed by atoms with Crippen molar-refractivity contribution in [1.29, 1.82) is 0 Å². The van der Waals surface area contributed by atoms with Crippen molar-refractivity contribution in [3.05, 3.63) is 64.7 Å². The zero-order valence-electron chi connectivity index (χ0n) is 10.2. The van der Waals surface area contributed by atoms with Crippen LogP contribution in [0.15, 0.2) is 53.4 Å². The molecule has 2 aromatic rings. The second kappa shape index (κ2) is 5.65. The summed E-state index contributed by atoms with van der Waals surface area (Å²) in [4.78, 5) is 0.338. The Balaban J connectivity index is 2.30. The molecule has 0 aromatic heterocycles. The van der Waals surface area contributed by atoms with Gasteiger partial charge in [0.15, 0.2) is 9.84 Å². The minimum absolute atomic E-state index is 0.0124. The van der Waals surface area contributed by atoms with E-state index < -0.39 is 9.84 Å². The molecule has 5 heteroatoms. The lowest BCUT2D eigenvalue weighted by Gasteiger charge is -2.11. The van der Waals surface area contributed by atoms with Crippen LogP contribution in [0.25, 0.3) is 0 Å². The van der Waals surface area contributed by atoms with Gasteiger partial charge in [0.25, 0.3) is 0 Å². The highest BCUT2D eigenvalue weighted by atomic mass is 79.9. The molecule has 0 spiro atoms. The first-order chi connectivity index (χ1) is 8.88. The summed E-state index contributed by atoms with van der Waals surface area (Å²) < 4.78 is 22.8. The lowest BCUT2D eigenvalue weighted by Crippen LogP contribution is -1.98. The van der Waals surface area contributed by atoms with Gasteiger partial charge >= 0.3 is 0 Å². The van der Waals surface area contributed by atoms with Crippen molar-refractivity contribution < 1.29 is 8.42 Å². The fraction of sp³-hybridized carbons (Fsp3) is 0.143. The molecule has 0 heterocycles. The van der Waals surface area contributed by atoms with Crippen molar-refractivity contribution in [2.24, 2.45) is 0 Å². The van der Waals surface area contributed by atoms with Crippen LogP contribution < -0.4 is 0 Å². The van der Waals surface area contributed by atoms with Gasteiger partial charge in [-0.15, -0.1) is 0 Å². The van der Waals surface area contributed by atoms with Crippen LogP contribution in [-0.4, -0.2) is 14.7 Å². The molecule has 0 saturated heterocycles. The number of sulfone groups is 1. The van der Waals surface area contributed by atoms with Crippen molar-refractivity contribution in [3.63, 3.8) is 0 Å². The Labute approximate surface area is 126 Å². The Hall–Kier alpha value is -0.840. The molecule has 0 radical (unpaired) electrons. The number of rotatable bonds is 3. The summed E-state index contributed by atoms with van der Waals surface area (Å²) in [5, 5.41) is 0.691. The van der Waals surface area contributed by atoms with E-state index in [4.69, 9.17) is 11.6 Å². The summed E-state index contributed by atoms with van der Waals surface area (Å²) >= 11 is 9.45. The minimum Gasteiger partial charge on any atom is -0.224 e. The average molecular weight is 360 g/mol. The summed E-state index contributed by atoms with van der Waals surface area (Å²) in [7, 11) is -3.15. The Kier molecular flexibility index (Phi) is 4.33. The summed E-state index contributed by atoms with van der Waals surface area (Å²) in [5.74, 6) is 0. The van der Waals surface area contributed by atoms with Crippen molar-refractivity contribution in [1.82, 2.24) is 0 Å². The molecule has 2 aromatic carbocycles. The molecule has 100 valence electrons. The Bertz CT molecular complexity index is 664. The van der Waals surface area contributed by atoms with Gasteiger partial charge in [-0.3, -0.25) is 0 Å². The molecule has 2 nitrogen and oxygen atoms in total. The van der Waals surface area contributed by atoms with Crippen molar-refractivity contribution in [2.75, 3.05) is 6.26 Å². The first-order valence-corrected chi connectivity index (χ1v) is 8.76. The van der Waals surface area contributed by atoms with E-state index in [1.165, 1.54) is 6.26 Å². The van der Waals surface area contributed by atoms with Crippen molar-refractivity contribution >= 4 is 37.4 Å². The Morgan fingerprint density at radius 1 is 0.947 bits per heavy atom. The highest BCUT2D eigenvalue weighted by molar-refractivity contribution is 9.09. The zero-order chi connectivity index (χ0) is 14.0. The predicted molar refractivity (Wildman–Crippen MR) is 81.8 cm³/mol. The van der Waals surface area contributed by atoms with Gasteiger partial charge in [0.05, 0.1) is 9.72 Å². The van der Waals surface area contributed by atoms with Crippen molar-refractivity contribution in [2.45, 2.75) is 9.72 Å². The van der Waals surface area contributed by atoms with Gasteiger partial charge in [-0.2, -0.15) is 0 Å². The van der Waals surface area contributed by atoms with Gasteiger partial charge in [0, 0.05) is 11.3 Å². The number of hydrogen-bond acceptors (Lipinski definition) is 2. The van der Waals surface area contributed by atoms with Crippen LogP contribution in [0.3, 0.4) is 0 Å². The van der Waals surface area contributed by atoms with Crippen LogP contribution in [0.2, 0.25) is 5.02 Å². The van der Waals surface area contributed by atoms with Crippen LogP contribution in [-0.2, 0) is 9.84 Å². The summed E-state index contributed by atoms with van der Waals surface area (Å²) in [6.45, 7) is 0. The molecule has 0 bridgehead atoms. The molecule has 0 N–H and O–H groups in total. The molecule has 1 atom stereocenters. The van der Waals surface area contributed by atoms with Crippen LogP contribution in [0, 0.1) is 0 Å². The number of halogens is 2. The second-order valence-electron chi connectivity index (χ2n) is 4.26. The minimum atomic E-state index is -3.15. The lowest BCUT2D eigenvalue weighted by molar-refractivity contribution is 0.602. The van der Waals surface area contributed by atoms with E-state index in [2.05, 4.69) is 15.9 Å². The number of alkyl halides is 1. The van der Waals surface area contributed by atoms with Crippen molar-refractivity contribution in [3.8, 4) is 0 Å². The Morgan fingerprint density at radius 3 is 1.79 bits per heavy atom. The second-order valence-corrected chi connectivity index (χ2v) is 7.62. The molecule has 0 saturated carbocycles. The molecule has 19 heavy (non-hydrogen) atoms. The third-order valence-electron chi connectivity index (χ3n) is 2.76. The summed E-state index contributed by atoms with van der Waals surface area (Å²) in [6, 6.07) is 14.4. The van der Waals surface area contributed by atoms with Crippen LogP contribution in [0.5, 0.6) is 0 Å². The SMILES string of the molecule is CS(=O)(=O)c1ccc(C(Br)c2ccc(Cl)cc2)cc1. The van der Waals surface area contributed by atoms with E-state index in [1.54, 1.807) is 12.1 Å². The van der Waals surface area contributed by atoms with Gasteiger partial charge < -0.3 is 0 Å². The monoisotopic (exact) mass is 358 g/mol. The molecular formula is C14H12BrClO2S. The van der Waals surface area contributed by atoms with Gasteiger partial charge in [-0.1, -0.05) is 51.8 Å². The van der Waals surface area contributed by atoms with Crippen LogP contribution >= 0.6 is 27.5 Å². The van der Waals surface area contributed by atoms with E-state index >= 15 is 0 Å².